The van der Waals surface area contributed by atoms with E-state index in [0.717, 1.165) is 6.42 Å². The van der Waals surface area contributed by atoms with Crippen molar-refractivity contribution in [3.8, 4) is 0 Å². The molecule has 0 spiro atoms. The molecular weight excluding hydrogens is 368 g/mol. The first-order valence-electron chi connectivity index (χ1n) is 10.8. The normalized spacial score (nSPS) is 25.8. The zero-order valence-corrected chi connectivity index (χ0v) is 20.3. The average molecular weight is 411 g/mol. The molecule has 1 N–H and O–H groups in total. The quantitative estimate of drug-likeness (QED) is 0.712. The third-order valence-electron chi connectivity index (χ3n) is 5.58. The van der Waals surface area contributed by atoms with Crippen LogP contribution in [0.4, 0.5) is 4.79 Å². The van der Waals surface area contributed by atoms with Crippen molar-refractivity contribution < 1.29 is 19.1 Å². The van der Waals surface area contributed by atoms with Gasteiger partial charge in [0.1, 0.15) is 5.60 Å². The molecule has 0 radical (unpaired) electrons. The number of rotatable bonds is 2. The van der Waals surface area contributed by atoms with Crippen LogP contribution in [0.3, 0.4) is 0 Å². The Hall–Kier alpha value is -1.59. The van der Waals surface area contributed by atoms with Gasteiger partial charge in [-0.2, -0.15) is 0 Å². The zero-order chi connectivity index (χ0) is 22.9. The monoisotopic (exact) mass is 410 g/mol. The molecular formula is C23H42N2O4. The highest BCUT2D eigenvalue weighted by Crippen LogP contribution is 2.38. The first-order chi connectivity index (χ1) is 12.9. The lowest BCUT2D eigenvalue weighted by Crippen LogP contribution is -2.47. The molecule has 0 aromatic rings. The highest BCUT2D eigenvalue weighted by Gasteiger charge is 2.50. The molecule has 2 saturated heterocycles. The largest absolute Gasteiger partial charge is 0.443 e. The van der Waals surface area contributed by atoms with Crippen LogP contribution in [-0.4, -0.2) is 39.5 Å². The molecule has 0 saturated carbocycles. The summed E-state index contributed by atoms with van der Waals surface area (Å²) in [6.07, 6.45) is 1.15. The molecule has 6 nitrogen and oxygen atoms in total. The second-order valence-corrected chi connectivity index (χ2v) is 11.4. The summed E-state index contributed by atoms with van der Waals surface area (Å²) in [5.41, 5.74) is -1.02. The van der Waals surface area contributed by atoms with Gasteiger partial charge in [-0.1, -0.05) is 27.7 Å². The van der Waals surface area contributed by atoms with E-state index in [1.165, 1.54) is 4.90 Å². The van der Waals surface area contributed by atoms with Crippen molar-refractivity contribution in [2.45, 2.75) is 106 Å². The maximum atomic E-state index is 12.3. The average Bonchev–Trinajstić information content (AvgIpc) is 2.89. The van der Waals surface area contributed by atoms with E-state index in [1.54, 1.807) is 20.8 Å². The summed E-state index contributed by atoms with van der Waals surface area (Å²) in [5.74, 6) is 0.966. The summed E-state index contributed by atoms with van der Waals surface area (Å²) in [6.45, 7) is 21.6. The SMILES string of the molecule is CC(C)C1CC(C)(C)N(C(=O)OC(C)(C)C)C1=O.CC(C)C1CC(C)(C)NC1=O. The predicted octanol–water partition coefficient (Wildman–Crippen LogP) is 4.76. The third kappa shape index (κ3) is 6.71. The van der Waals surface area contributed by atoms with E-state index in [0.29, 0.717) is 12.3 Å². The van der Waals surface area contributed by atoms with Crippen molar-refractivity contribution in [1.82, 2.24) is 10.2 Å². The fraction of sp³-hybridized carbons (Fsp3) is 0.870. The highest BCUT2D eigenvalue weighted by atomic mass is 16.6. The van der Waals surface area contributed by atoms with Crippen LogP contribution < -0.4 is 5.32 Å². The van der Waals surface area contributed by atoms with Crippen molar-refractivity contribution in [1.29, 1.82) is 0 Å². The Morgan fingerprint density at radius 1 is 1.00 bits per heavy atom. The van der Waals surface area contributed by atoms with E-state index in [4.69, 9.17) is 4.74 Å². The van der Waals surface area contributed by atoms with Crippen LogP contribution in [-0.2, 0) is 14.3 Å². The predicted molar refractivity (Wildman–Crippen MR) is 115 cm³/mol. The maximum absolute atomic E-state index is 12.3. The molecule has 2 fully saturated rings. The van der Waals surface area contributed by atoms with Crippen molar-refractivity contribution in [3.05, 3.63) is 0 Å². The molecule has 2 rings (SSSR count). The number of carbonyl (C=O) groups is 3. The Kier molecular flexibility index (Phi) is 7.59. The number of likely N-dealkylation sites (tertiary alicyclic amines) is 1. The Morgan fingerprint density at radius 3 is 1.76 bits per heavy atom. The molecule has 2 aliphatic heterocycles. The second-order valence-electron chi connectivity index (χ2n) is 11.4. The maximum Gasteiger partial charge on any atom is 0.417 e. The summed E-state index contributed by atoms with van der Waals surface area (Å²) < 4.78 is 5.32. The molecule has 0 aliphatic carbocycles. The number of hydrogen-bond acceptors (Lipinski definition) is 4. The van der Waals surface area contributed by atoms with Crippen LogP contribution in [0.2, 0.25) is 0 Å². The fourth-order valence-corrected chi connectivity index (χ4v) is 4.00. The number of hydrogen-bond donors (Lipinski definition) is 1. The number of nitrogens with one attached hydrogen (secondary N) is 1. The molecule has 0 bridgehead atoms. The van der Waals surface area contributed by atoms with E-state index in [2.05, 4.69) is 33.0 Å². The molecule has 168 valence electrons. The Morgan fingerprint density at radius 2 is 1.48 bits per heavy atom. The van der Waals surface area contributed by atoms with Gasteiger partial charge in [0.05, 0.1) is 0 Å². The molecule has 2 atom stereocenters. The molecule has 2 heterocycles. The van der Waals surface area contributed by atoms with Gasteiger partial charge in [0, 0.05) is 22.9 Å². The molecule has 29 heavy (non-hydrogen) atoms. The summed E-state index contributed by atoms with van der Waals surface area (Å²) in [5, 5.41) is 2.99. The molecule has 2 aliphatic rings. The van der Waals surface area contributed by atoms with Gasteiger partial charge in [0.15, 0.2) is 0 Å². The minimum atomic E-state index is -0.580. The Balaban J connectivity index is 0.000000326. The van der Waals surface area contributed by atoms with Crippen LogP contribution in [0.5, 0.6) is 0 Å². The summed E-state index contributed by atoms with van der Waals surface area (Å²) in [7, 11) is 0. The Labute approximate surface area is 177 Å². The standard InChI is InChI=1S/C14H25NO3.C9H17NO/c1-9(2)10-8-14(6,7)15(11(10)16)12(17)18-13(3,4)5;1-6(2)7-5-9(3,4)10-8(7)11/h9-10H,8H2,1-7H3;6-7H,5H2,1-4H3,(H,10,11). The van der Waals surface area contributed by atoms with Gasteiger partial charge in [-0.3, -0.25) is 9.59 Å². The van der Waals surface area contributed by atoms with Crippen molar-refractivity contribution in [3.63, 3.8) is 0 Å². The number of nitrogens with zero attached hydrogens (tertiary/aromatic N) is 1. The smallest absolute Gasteiger partial charge is 0.417 e. The number of carbonyl (C=O) groups excluding carboxylic acids is 3. The van der Waals surface area contributed by atoms with E-state index < -0.39 is 17.2 Å². The lowest BCUT2D eigenvalue weighted by Gasteiger charge is -2.31. The Bertz CT molecular complexity index is 629. The molecule has 0 aromatic carbocycles. The van der Waals surface area contributed by atoms with E-state index in [9.17, 15) is 14.4 Å². The van der Waals surface area contributed by atoms with Crippen LogP contribution in [0.15, 0.2) is 0 Å². The topological polar surface area (TPSA) is 75.7 Å². The van der Waals surface area contributed by atoms with Gasteiger partial charge < -0.3 is 10.1 Å². The number of imide groups is 1. The van der Waals surface area contributed by atoms with E-state index in [-0.39, 0.29) is 35.1 Å². The second kappa shape index (κ2) is 8.65. The molecule has 6 heteroatoms. The molecule has 2 unspecified atom stereocenters. The van der Waals surface area contributed by atoms with Gasteiger partial charge in [-0.05, 0) is 73.1 Å². The lowest BCUT2D eigenvalue weighted by molar-refractivity contribution is -0.133. The van der Waals surface area contributed by atoms with Crippen molar-refractivity contribution >= 4 is 17.9 Å². The van der Waals surface area contributed by atoms with Crippen molar-refractivity contribution in [2.24, 2.45) is 23.7 Å². The van der Waals surface area contributed by atoms with E-state index >= 15 is 0 Å². The van der Waals surface area contributed by atoms with Gasteiger partial charge in [0.25, 0.3) is 0 Å². The third-order valence-corrected chi connectivity index (χ3v) is 5.58. The number of amides is 3. The summed E-state index contributed by atoms with van der Waals surface area (Å²) in [6, 6.07) is 0. The van der Waals surface area contributed by atoms with Gasteiger partial charge in [-0.15, -0.1) is 0 Å². The summed E-state index contributed by atoms with van der Waals surface area (Å²) in [4.78, 5) is 37.1. The van der Waals surface area contributed by atoms with Crippen LogP contribution >= 0.6 is 0 Å². The fourth-order valence-electron chi connectivity index (χ4n) is 4.00. The number of ether oxygens (including phenoxy) is 1. The van der Waals surface area contributed by atoms with Crippen molar-refractivity contribution in [2.75, 3.05) is 0 Å². The van der Waals surface area contributed by atoms with E-state index in [1.807, 2.05) is 27.7 Å². The van der Waals surface area contributed by atoms with Gasteiger partial charge in [-0.25, -0.2) is 9.69 Å². The zero-order valence-electron chi connectivity index (χ0n) is 20.3. The van der Waals surface area contributed by atoms with Gasteiger partial charge >= 0.3 is 6.09 Å². The van der Waals surface area contributed by atoms with Crippen LogP contribution in [0, 0.1) is 23.7 Å². The van der Waals surface area contributed by atoms with Crippen LogP contribution in [0.1, 0.15) is 89.0 Å². The summed E-state index contributed by atoms with van der Waals surface area (Å²) >= 11 is 0. The highest BCUT2D eigenvalue weighted by molar-refractivity contribution is 5.96. The van der Waals surface area contributed by atoms with Crippen LogP contribution in [0.25, 0.3) is 0 Å². The first-order valence-corrected chi connectivity index (χ1v) is 10.8. The molecule has 3 amide bonds. The minimum absolute atomic E-state index is 0.0199. The molecule has 0 aromatic heterocycles. The minimum Gasteiger partial charge on any atom is -0.443 e. The first kappa shape index (κ1) is 25.4. The lowest BCUT2D eigenvalue weighted by atomic mass is 9.89. The van der Waals surface area contributed by atoms with Gasteiger partial charge in [0.2, 0.25) is 11.8 Å².